The lowest BCUT2D eigenvalue weighted by atomic mass is 10.0. The molecule has 1 N–H and O–H groups in total. The van der Waals surface area contributed by atoms with E-state index >= 15 is 0 Å². The molecule has 0 bridgehead atoms. The number of aliphatic carboxylic acids is 1. The van der Waals surface area contributed by atoms with Crippen molar-refractivity contribution >= 4 is 5.97 Å². The van der Waals surface area contributed by atoms with Gasteiger partial charge in [-0.2, -0.15) is 0 Å². The molecule has 1 heterocycles. The highest BCUT2D eigenvalue weighted by Crippen LogP contribution is 2.23. The van der Waals surface area contributed by atoms with Crippen molar-refractivity contribution in [2.45, 2.75) is 26.3 Å². The summed E-state index contributed by atoms with van der Waals surface area (Å²) < 4.78 is 0. The van der Waals surface area contributed by atoms with E-state index in [2.05, 4.69) is 16.7 Å². The number of likely N-dealkylation sites (tertiary alicyclic amines) is 1. The van der Waals surface area contributed by atoms with E-state index in [0.717, 1.165) is 13.0 Å². The van der Waals surface area contributed by atoms with Gasteiger partial charge < -0.3 is 5.11 Å². The number of hydrogen-bond acceptors (Lipinski definition) is 2. The Morgan fingerprint density at radius 1 is 1.69 bits per heavy atom. The van der Waals surface area contributed by atoms with Crippen LogP contribution in [0.4, 0.5) is 0 Å². The summed E-state index contributed by atoms with van der Waals surface area (Å²) in [4.78, 5) is 12.9. The second kappa shape index (κ2) is 4.29. The molecule has 0 amide bonds. The van der Waals surface area contributed by atoms with E-state index in [4.69, 9.17) is 5.11 Å². The monoisotopic (exact) mass is 181 g/mol. The molecule has 0 saturated carbocycles. The summed E-state index contributed by atoms with van der Waals surface area (Å²) in [6.45, 7) is 5.31. The average molecular weight is 181 g/mol. The number of nitrogens with zero attached hydrogens (tertiary/aromatic N) is 1. The molecule has 1 aliphatic rings. The zero-order valence-corrected chi connectivity index (χ0v) is 8.08. The lowest BCUT2D eigenvalue weighted by Gasteiger charge is -2.19. The van der Waals surface area contributed by atoms with Crippen molar-refractivity contribution in [3.63, 3.8) is 0 Å². The molecule has 2 atom stereocenters. The molecule has 0 spiro atoms. The fourth-order valence-corrected chi connectivity index (χ4v) is 1.74. The van der Waals surface area contributed by atoms with E-state index in [1.54, 1.807) is 6.92 Å². The number of hydrogen-bond donors (Lipinski definition) is 1. The molecule has 2 unspecified atom stereocenters. The van der Waals surface area contributed by atoms with Gasteiger partial charge in [0.05, 0.1) is 12.5 Å². The van der Waals surface area contributed by atoms with Crippen molar-refractivity contribution in [1.29, 1.82) is 0 Å². The van der Waals surface area contributed by atoms with Gasteiger partial charge in [-0.3, -0.25) is 9.69 Å². The first-order valence-corrected chi connectivity index (χ1v) is 4.53. The summed E-state index contributed by atoms with van der Waals surface area (Å²) >= 11 is 0. The fraction of sp³-hybridized carbons (Fsp3) is 0.700. The van der Waals surface area contributed by atoms with E-state index < -0.39 is 5.97 Å². The van der Waals surface area contributed by atoms with Gasteiger partial charge in [0, 0.05) is 12.6 Å². The summed E-state index contributed by atoms with van der Waals surface area (Å²) in [5, 5.41) is 8.86. The zero-order valence-electron chi connectivity index (χ0n) is 8.08. The standard InChI is InChI=1S/C10H15NO2/c1-3-4-6-11-7-5-9(8(11)2)10(12)13/h8-9H,5-7H2,1-2H3,(H,12,13). The third-order valence-corrected chi connectivity index (χ3v) is 2.66. The van der Waals surface area contributed by atoms with Crippen LogP contribution < -0.4 is 0 Å². The molecule has 0 aromatic heterocycles. The predicted octanol–water partition coefficient (Wildman–Crippen LogP) is 0.805. The van der Waals surface area contributed by atoms with Crippen LogP contribution in [0.3, 0.4) is 0 Å². The highest BCUT2D eigenvalue weighted by molar-refractivity contribution is 5.71. The van der Waals surface area contributed by atoms with E-state index in [-0.39, 0.29) is 12.0 Å². The summed E-state index contributed by atoms with van der Waals surface area (Å²) in [7, 11) is 0. The molecule has 3 nitrogen and oxygen atoms in total. The highest BCUT2D eigenvalue weighted by atomic mass is 16.4. The van der Waals surface area contributed by atoms with Crippen molar-refractivity contribution in [3.8, 4) is 11.8 Å². The molecule has 72 valence electrons. The Morgan fingerprint density at radius 2 is 2.38 bits per heavy atom. The van der Waals surface area contributed by atoms with Gasteiger partial charge >= 0.3 is 5.97 Å². The molecule has 0 aromatic carbocycles. The Morgan fingerprint density at radius 3 is 2.85 bits per heavy atom. The molecule has 3 heteroatoms. The molecule has 1 aliphatic heterocycles. The van der Waals surface area contributed by atoms with Gasteiger partial charge in [-0.25, -0.2) is 0 Å². The Labute approximate surface area is 78.7 Å². The second-order valence-electron chi connectivity index (χ2n) is 3.37. The van der Waals surface area contributed by atoms with Crippen molar-refractivity contribution < 1.29 is 9.90 Å². The van der Waals surface area contributed by atoms with Crippen LogP contribution in [-0.4, -0.2) is 35.1 Å². The first kappa shape index (κ1) is 10.1. The smallest absolute Gasteiger partial charge is 0.308 e. The molecule has 0 aromatic rings. The van der Waals surface area contributed by atoms with Gasteiger partial charge in [0.15, 0.2) is 0 Å². The van der Waals surface area contributed by atoms with Crippen LogP contribution in [0.1, 0.15) is 20.3 Å². The minimum atomic E-state index is -0.681. The van der Waals surface area contributed by atoms with Crippen molar-refractivity contribution in [3.05, 3.63) is 0 Å². The molecule has 1 saturated heterocycles. The Kier molecular flexibility index (Phi) is 3.32. The van der Waals surface area contributed by atoms with Gasteiger partial charge in [0.2, 0.25) is 0 Å². The van der Waals surface area contributed by atoms with Crippen LogP contribution in [-0.2, 0) is 4.79 Å². The quantitative estimate of drug-likeness (QED) is 0.641. The van der Waals surface area contributed by atoms with Crippen LogP contribution >= 0.6 is 0 Å². The largest absolute Gasteiger partial charge is 0.481 e. The summed E-state index contributed by atoms with van der Waals surface area (Å²) in [5.74, 6) is 4.89. The maximum Gasteiger partial charge on any atom is 0.308 e. The van der Waals surface area contributed by atoms with Gasteiger partial charge in [-0.15, -0.1) is 5.92 Å². The Hall–Kier alpha value is -1.01. The predicted molar refractivity (Wildman–Crippen MR) is 50.2 cm³/mol. The zero-order chi connectivity index (χ0) is 9.84. The number of rotatable bonds is 2. The van der Waals surface area contributed by atoms with E-state index in [0.29, 0.717) is 6.54 Å². The van der Waals surface area contributed by atoms with Crippen molar-refractivity contribution in [2.24, 2.45) is 5.92 Å². The SMILES string of the molecule is CC#CCN1CCC(C(=O)O)C1C. The average Bonchev–Trinajstić information content (AvgIpc) is 2.43. The van der Waals surface area contributed by atoms with E-state index in [9.17, 15) is 4.79 Å². The van der Waals surface area contributed by atoms with Gasteiger partial charge in [0.1, 0.15) is 0 Å². The number of carboxylic acids is 1. The first-order chi connectivity index (χ1) is 6.16. The minimum Gasteiger partial charge on any atom is -0.481 e. The Bertz CT molecular complexity index is 251. The first-order valence-electron chi connectivity index (χ1n) is 4.53. The molecular formula is C10H15NO2. The Balaban J connectivity index is 2.53. The lowest BCUT2D eigenvalue weighted by Crippen LogP contribution is -2.33. The summed E-state index contributed by atoms with van der Waals surface area (Å²) in [6, 6.07) is 0.123. The number of carbonyl (C=O) groups is 1. The van der Waals surface area contributed by atoms with Crippen LogP contribution in [0.5, 0.6) is 0 Å². The van der Waals surface area contributed by atoms with Crippen LogP contribution in [0.15, 0.2) is 0 Å². The third-order valence-electron chi connectivity index (χ3n) is 2.66. The maximum atomic E-state index is 10.8. The van der Waals surface area contributed by atoms with Crippen molar-refractivity contribution in [2.75, 3.05) is 13.1 Å². The molecule has 13 heavy (non-hydrogen) atoms. The molecule has 1 rings (SSSR count). The van der Waals surface area contributed by atoms with E-state index in [1.807, 2.05) is 6.92 Å². The maximum absolute atomic E-state index is 10.8. The van der Waals surface area contributed by atoms with Crippen LogP contribution in [0.2, 0.25) is 0 Å². The molecule has 0 radical (unpaired) electrons. The molecular weight excluding hydrogens is 166 g/mol. The summed E-state index contributed by atoms with van der Waals surface area (Å²) in [6.07, 6.45) is 0.752. The lowest BCUT2D eigenvalue weighted by molar-refractivity contribution is -0.142. The van der Waals surface area contributed by atoms with Gasteiger partial charge in [0.25, 0.3) is 0 Å². The summed E-state index contributed by atoms with van der Waals surface area (Å²) in [5.41, 5.74) is 0. The highest BCUT2D eigenvalue weighted by Gasteiger charge is 2.34. The fourth-order valence-electron chi connectivity index (χ4n) is 1.74. The van der Waals surface area contributed by atoms with Crippen molar-refractivity contribution in [1.82, 2.24) is 4.90 Å². The van der Waals surface area contributed by atoms with Crippen LogP contribution in [0, 0.1) is 17.8 Å². The third kappa shape index (κ3) is 2.22. The second-order valence-corrected chi connectivity index (χ2v) is 3.37. The topological polar surface area (TPSA) is 40.5 Å². The normalized spacial score (nSPS) is 28.2. The molecule has 0 aliphatic carbocycles. The van der Waals surface area contributed by atoms with Crippen LogP contribution in [0.25, 0.3) is 0 Å². The van der Waals surface area contributed by atoms with E-state index in [1.165, 1.54) is 0 Å². The minimum absolute atomic E-state index is 0.123. The number of carboxylic acid groups (broad SMARTS) is 1. The van der Waals surface area contributed by atoms with Gasteiger partial charge in [-0.1, -0.05) is 5.92 Å². The van der Waals surface area contributed by atoms with Gasteiger partial charge in [-0.05, 0) is 20.3 Å². The molecule has 1 fully saturated rings.